The molecule has 19 heavy (non-hydrogen) atoms. The van der Waals surface area contributed by atoms with Gasteiger partial charge in [0.2, 0.25) is 0 Å². The number of carbonyl (C=O) groups is 1. The Morgan fingerprint density at radius 2 is 1.84 bits per heavy atom. The van der Waals surface area contributed by atoms with Crippen LogP contribution in [0.15, 0.2) is 0 Å². The molecule has 0 aromatic rings. The SMILES string of the molecule is CC(C)(C)OC(=O)NC1C(O)[C@H](O)C(CO)O[C@H]1O. The Morgan fingerprint density at radius 1 is 1.26 bits per heavy atom. The minimum atomic E-state index is -1.55. The first-order valence-corrected chi connectivity index (χ1v) is 5.95. The van der Waals surface area contributed by atoms with E-state index in [4.69, 9.17) is 14.6 Å². The summed E-state index contributed by atoms with van der Waals surface area (Å²) in [5, 5.41) is 40.2. The Morgan fingerprint density at radius 3 is 2.32 bits per heavy atom. The topological polar surface area (TPSA) is 128 Å². The number of aliphatic hydroxyl groups is 4. The average molecular weight is 279 g/mol. The molecule has 112 valence electrons. The minimum absolute atomic E-state index is 0.561. The molecule has 0 aliphatic carbocycles. The third-order valence-corrected chi connectivity index (χ3v) is 2.58. The van der Waals surface area contributed by atoms with Gasteiger partial charge in [-0.15, -0.1) is 0 Å². The second kappa shape index (κ2) is 6.02. The molecule has 1 heterocycles. The number of ether oxygens (including phenoxy) is 2. The van der Waals surface area contributed by atoms with E-state index in [0.29, 0.717) is 0 Å². The summed E-state index contributed by atoms with van der Waals surface area (Å²) in [5.74, 6) is 0. The lowest BCUT2D eigenvalue weighted by atomic mass is 9.97. The Bertz CT molecular complexity index is 317. The second-order valence-corrected chi connectivity index (χ2v) is 5.40. The van der Waals surface area contributed by atoms with Crippen molar-refractivity contribution in [2.75, 3.05) is 6.61 Å². The maximum atomic E-state index is 11.5. The van der Waals surface area contributed by atoms with Gasteiger partial charge in [0.05, 0.1) is 6.61 Å². The van der Waals surface area contributed by atoms with Crippen molar-refractivity contribution >= 4 is 6.09 Å². The lowest BCUT2D eigenvalue weighted by molar-refractivity contribution is -0.253. The van der Waals surface area contributed by atoms with Crippen LogP contribution in [0.2, 0.25) is 0 Å². The van der Waals surface area contributed by atoms with Gasteiger partial charge in [-0.3, -0.25) is 0 Å². The van der Waals surface area contributed by atoms with E-state index in [0.717, 1.165) is 0 Å². The third kappa shape index (κ3) is 4.29. The fourth-order valence-electron chi connectivity index (χ4n) is 1.70. The van der Waals surface area contributed by atoms with Crippen molar-refractivity contribution < 1.29 is 34.7 Å². The molecular weight excluding hydrogens is 258 g/mol. The van der Waals surface area contributed by atoms with E-state index in [1.165, 1.54) is 0 Å². The fourth-order valence-corrected chi connectivity index (χ4v) is 1.70. The monoisotopic (exact) mass is 279 g/mol. The van der Waals surface area contributed by atoms with Crippen molar-refractivity contribution in [3.8, 4) is 0 Å². The molecule has 1 aliphatic rings. The molecule has 8 heteroatoms. The molecule has 1 fully saturated rings. The normalized spacial score (nSPS) is 35.8. The standard InChI is InChI=1S/C11H21NO7/c1-11(2,3)19-10(17)12-6-8(15)7(14)5(4-13)18-9(6)16/h5-9,13-16H,4H2,1-3H3,(H,12,17)/t5?,6?,7-,8?,9-/m1/s1. The molecule has 0 saturated carbocycles. The Balaban J connectivity index is 2.65. The summed E-state index contributed by atoms with van der Waals surface area (Å²) in [5.41, 5.74) is -0.734. The van der Waals surface area contributed by atoms with Gasteiger partial charge in [0.25, 0.3) is 0 Å². The van der Waals surface area contributed by atoms with Crippen LogP contribution >= 0.6 is 0 Å². The highest BCUT2D eigenvalue weighted by molar-refractivity contribution is 5.68. The molecule has 0 spiro atoms. The van der Waals surface area contributed by atoms with Gasteiger partial charge in [-0.25, -0.2) is 4.79 Å². The Labute approximate surface area is 110 Å². The van der Waals surface area contributed by atoms with Crippen LogP contribution in [0, 0.1) is 0 Å². The number of rotatable bonds is 2. The van der Waals surface area contributed by atoms with Crippen molar-refractivity contribution in [1.82, 2.24) is 5.32 Å². The van der Waals surface area contributed by atoms with Crippen LogP contribution < -0.4 is 5.32 Å². The molecule has 1 saturated heterocycles. The molecular formula is C11H21NO7. The van der Waals surface area contributed by atoms with Gasteiger partial charge < -0.3 is 35.2 Å². The van der Waals surface area contributed by atoms with Gasteiger partial charge in [0.1, 0.15) is 30.0 Å². The molecule has 0 aromatic heterocycles. The van der Waals surface area contributed by atoms with E-state index in [-0.39, 0.29) is 0 Å². The summed E-state index contributed by atoms with van der Waals surface area (Å²) < 4.78 is 9.85. The highest BCUT2D eigenvalue weighted by Crippen LogP contribution is 2.20. The highest BCUT2D eigenvalue weighted by Gasteiger charge is 2.44. The molecule has 1 rings (SSSR count). The molecule has 1 amide bonds. The van der Waals surface area contributed by atoms with E-state index in [1.54, 1.807) is 20.8 Å². The van der Waals surface area contributed by atoms with E-state index in [1.807, 2.05) is 0 Å². The second-order valence-electron chi connectivity index (χ2n) is 5.40. The first-order valence-electron chi connectivity index (χ1n) is 5.95. The number of hydrogen-bond acceptors (Lipinski definition) is 7. The summed E-state index contributed by atoms with van der Waals surface area (Å²) in [6.45, 7) is 4.42. The summed E-state index contributed by atoms with van der Waals surface area (Å²) in [6, 6.07) is -1.24. The highest BCUT2D eigenvalue weighted by atomic mass is 16.6. The van der Waals surface area contributed by atoms with Gasteiger partial charge in [-0.05, 0) is 20.8 Å². The molecule has 0 aromatic carbocycles. The molecule has 5 atom stereocenters. The molecule has 0 radical (unpaired) electrons. The lowest BCUT2D eigenvalue weighted by Gasteiger charge is -2.40. The summed E-state index contributed by atoms with van der Waals surface area (Å²) in [4.78, 5) is 11.5. The van der Waals surface area contributed by atoms with Crippen molar-refractivity contribution in [3.05, 3.63) is 0 Å². The largest absolute Gasteiger partial charge is 0.444 e. The number of carbonyl (C=O) groups excluding carboxylic acids is 1. The minimum Gasteiger partial charge on any atom is -0.444 e. The lowest BCUT2D eigenvalue weighted by Crippen LogP contribution is -2.64. The van der Waals surface area contributed by atoms with Crippen molar-refractivity contribution in [2.24, 2.45) is 0 Å². The van der Waals surface area contributed by atoms with Gasteiger partial charge in [-0.1, -0.05) is 0 Å². The van der Waals surface area contributed by atoms with Crippen LogP contribution in [0.5, 0.6) is 0 Å². The van der Waals surface area contributed by atoms with Crippen molar-refractivity contribution in [2.45, 2.75) is 57.0 Å². The number of alkyl carbamates (subject to hydrolysis) is 1. The van der Waals surface area contributed by atoms with E-state index in [2.05, 4.69) is 5.32 Å². The smallest absolute Gasteiger partial charge is 0.408 e. The van der Waals surface area contributed by atoms with Crippen LogP contribution in [-0.4, -0.2) is 69.4 Å². The Hall–Kier alpha value is -0.930. The number of nitrogens with one attached hydrogen (secondary N) is 1. The van der Waals surface area contributed by atoms with Crippen LogP contribution in [0.3, 0.4) is 0 Å². The number of hydrogen-bond donors (Lipinski definition) is 5. The van der Waals surface area contributed by atoms with Crippen molar-refractivity contribution in [3.63, 3.8) is 0 Å². The van der Waals surface area contributed by atoms with Crippen LogP contribution in [0.4, 0.5) is 4.79 Å². The maximum absolute atomic E-state index is 11.5. The zero-order valence-corrected chi connectivity index (χ0v) is 11.1. The molecule has 0 bridgehead atoms. The van der Waals surface area contributed by atoms with Gasteiger partial charge in [-0.2, -0.15) is 0 Å². The van der Waals surface area contributed by atoms with Crippen molar-refractivity contribution in [1.29, 1.82) is 0 Å². The number of aliphatic hydroxyl groups excluding tert-OH is 4. The third-order valence-electron chi connectivity index (χ3n) is 2.58. The van der Waals surface area contributed by atoms with Crippen LogP contribution in [0.1, 0.15) is 20.8 Å². The average Bonchev–Trinajstić information content (AvgIpc) is 2.27. The van der Waals surface area contributed by atoms with Crippen LogP contribution in [-0.2, 0) is 9.47 Å². The number of amides is 1. The predicted octanol–water partition coefficient (Wildman–Crippen LogP) is -1.69. The summed E-state index contributed by atoms with van der Waals surface area (Å²) in [6.07, 6.45) is -6.42. The fraction of sp³-hybridized carbons (Fsp3) is 0.909. The first-order chi connectivity index (χ1) is 8.65. The van der Waals surface area contributed by atoms with Gasteiger partial charge >= 0.3 is 6.09 Å². The summed E-state index contributed by atoms with van der Waals surface area (Å²) >= 11 is 0. The molecule has 5 N–H and O–H groups in total. The van der Waals surface area contributed by atoms with E-state index < -0.39 is 48.9 Å². The van der Waals surface area contributed by atoms with Gasteiger partial charge in [0, 0.05) is 0 Å². The van der Waals surface area contributed by atoms with Gasteiger partial charge in [0.15, 0.2) is 6.29 Å². The molecule has 3 unspecified atom stereocenters. The maximum Gasteiger partial charge on any atom is 0.408 e. The zero-order valence-electron chi connectivity index (χ0n) is 11.1. The van der Waals surface area contributed by atoms with E-state index in [9.17, 15) is 20.1 Å². The molecule has 1 aliphatic heterocycles. The molecule has 8 nitrogen and oxygen atoms in total. The zero-order chi connectivity index (χ0) is 14.8. The predicted molar refractivity (Wildman–Crippen MR) is 63.1 cm³/mol. The van der Waals surface area contributed by atoms with Crippen LogP contribution in [0.25, 0.3) is 0 Å². The first kappa shape index (κ1) is 16.1. The van der Waals surface area contributed by atoms with E-state index >= 15 is 0 Å². The Kier molecular flexibility index (Phi) is 5.11. The quantitative estimate of drug-likeness (QED) is 0.408. The summed E-state index contributed by atoms with van der Waals surface area (Å²) in [7, 11) is 0.